The lowest BCUT2D eigenvalue weighted by molar-refractivity contribution is -0.384. The number of allylic oxidation sites excluding steroid dienone is 6. The molecule has 0 aromatic heterocycles. The first kappa shape index (κ1) is 24.5. The molecule has 0 heterocycles. The third-order valence-electron chi connectivity index (χ3n) is 6.68. The van der Waals surface area contributed by atoms with Crippen LogP contribution in [0.5, 0.6) is 0 Å². The Morgan fingerprint density at radius 1 is 1.09 bits per heavy atom. The van der Waals surface area contributed by atoms with Gasteiger partial charge >= 0.3 is 0 Å². The average molecular weight is 471 g/mol. The molecular weight excluding hydrogens is 436 g/mol. The van der Waals surface area contributed by atoms with E-state index < -0.39 is 0 Å². The van der Waals surface area contributed by atoms with Crippen LogP contribution in [0, 0.1) is 17.0 Å². The van der Waals surface area contributed by atoms with Gasteiger partial charge in [0.25, 0.3) is 5.69 Å². The number of aryl methyl sites for hydroxylation is 1. The van der Waals surface area contributed by atoms with Gasteiger partial charge < -0.3 is 9.64 Å². The summed E-state index contributed by atoms with van der Waals surface area (Å²) in [6.45, 7) is 6.82. The smallest absolute Gasteiger partial charge is 0.269 e. The van der Waals surface area contributed by atoms with Gasteiger partial charge in [0.1, 0.15) is 12.4 Å². The molecule has 0 atom stereocenters. The molecule has 35 heavy (non-hydrogen) atoms. The Labute approximate surface area is 208 Å². The average Bonchev–Trinajstić information content (AvgIpc) is 3.28. The SMILES string of the molecule is CC(C)=C(C1=CC=C(OCc2ccccc2)C=CC1)N(c1ccc([N+](=O)[O-])cc1C)C1CCCC1. The molecule has 1 saturated carbocycles. The number of hydrogen-bond donors (Lipinski definition) is 0. The van der Waals surface area contributed by atoms with Crippen molar-refractivity contribution in [2.24, 2.45) is 0 Å². The van der Waals surface area contributed by atoms with E-state index in [1.54, 1.807) is 12.1 Å². The van der Waals surface area contributed by atoms with E-state index >= 15 is 0 Å². The first-order valence-corrected chi connectivity index (χ1v) is 12.4. The summed E-state index contributed by atoms with van der Waals surface area (Å²) in [5.41, 5.74) is 6.92. The number of non-ortho nitro benzene ring substituents is 1. The van der Waals surface area contributed by atoms with E-state index in [0.29, 0.717) is 12.6 Å². The van der Waals surface area contributed by atoms with E-state index in [-0.39, 0.29) is 10.6 Å². The predicted molar refractivity (Wildman–Crippen MR) is 142 cm³/mol. The van der Waals surface area contributed by atoms with Gasteiger partial charge in [0, 0.05) is 29.6 Å². The molecule has 0 saturated heterocycles. The maximum Gasteiger partial charge on any atom is 0.269 e. The summed E-state index contributed by atoms with van der Waals surface area (Å²) < 4.78 is 6.07. The largest absolute Gasteiger partial charge is 0.489 e. The molecule has 0 amide bonds. The molecule has 1 fully saturated rings. The second-order valence-electron chi connectivity index (χ2n) is 9.53. The van der Waals surface area contributed by atoms with E-state index in [4.69, 9.17) is 4.74 Å². The molecule has 0 unspecified atom stereocenters. The number of ether oxygens (including phenoxy) is 1. The zero-order valence-electron chi connectivity index (χ0n) is 20.9. The van der Waals surface area contributed by atoms with Crippen LogP contribution in [0.3, 0.4) is 0 Å². The fraction of sp³-hybridized carbons (Fsp3) is 0.333. The van der Waals surface area contributed by atoms with Crippen molar-refractivity contribution in [2.75, 3.05) is 4.90 Å². The minimum absolute atomic E-state index is 0.135. The number of nitro groups is 1. The summed E-state index contributed by atoms with van der Waals surface area (Å²) in [4.78, 5) is 13.5. The van der Waals surface area contributed by atoms with Crippen LogP contribution in [0.15, 0.2) is 95.4 Å². The van der Waals surface area contributed by atoms with Crippen molar-refractivity contribution in [3.63, 3.8) is 0 Å². The number of anilines is 1. The highest BCUT2D eigenvalue weighted by Gasteiger charge is 2.29. The summed E-state index contributed by atoms with van der Waals surface area (Å²) in [5.74, 6) is 0.843. The number of benzene rings is 2. The van der Waals surface area contributed by atoms with Gasteiger partial charge in [-0.1, -0.05) is 60.9 Å². The third kappa shape index (κ3) is 5.91. The third-order valence-corrected chi connectivity index (χ3v) is 6.68. The maximum absolute atomic E-state index is 11.3. The van der Waals surface area contributed by atoms with Gasteiger partial charge in [0.2, 0.25) is 0 Å². The number of rotatable bonds is 8. The number of nitrogens with zero attached hydrogens (tertiary/aromatic N) is 2. The fourth-order valence-corrected chi connectivity index (χ4v) is 5.02. The molecule has 2 aromatic carbocycles. The summed E-state index contributed by atoms with van der Waals surface area (Å²) in [6, 6.07) is 15.8. The van der Waals surface area contributed by atoms with Crippen LogP contribution >= 0.6 is 0 Å². The van der Waals surface area contributed by atoms with Crippen molar-refractivity contribution in [1.82, 2.24) is 0 Å². The monoisotopic (exact) mass is 470 g/mol. The van der Waals surface area contributed by atoms with Crippen LogP contribution in [0.4, 0.5) is 11.4 Å². The van der Waals surface area contributed by atoms with E-state index in [2.05, 4.69) is 49.1 Å². The van der Waals surface area contributed by atoms with Gasteiger partial charge in [0.05, 0.1) is 4.92 Å². The van der Waals surface area contributed by atoms with Crippen molar-refractivity contribution in [1.29, 1.82) is 0 Å². The Bertz CT molecular complexity index is 1180. The second kappa shape index (κ2) is 11.2. The maximum atomic E-state index is 11.3. The molecule has 182 valence electrons. The van der Waals surface area contributed by atoms with Crippen LogP contribution in [-0.2, 0) is 11.3 Å². The van der Waals surface area contributed by atoms with Crippen LogP contribution in [-0.4, -0.2) is 11.0 Å². The van der Waals surface area contributed by atoms with Crippen molar-refractivity contribution in [3.05, 3.63) is 117 Å². The standard InChI is InChI=1S/C30H34N2O3/c1-22(2)30(25-12-9-15-28(18-16-25)35-21-24-10-5-4-6-11-24)31(26-13-7-8-14-26)29-19-17-27(32(33)34)20-23(29)3/h4-6,9-11,15-20,26H,7-8,12-14,21H2,1-3H3. The van der Waals surface area contributed by atoms with Crippen molar-refractivity contribution >= 4 is 11.4 Å². The first-order chi connectivity index (χ1) is 16.9. The Hall–Kier alpha value is -3.60. The summed E-state index contributed by atoms with van der Waals surface area (Å²) in [5, 5.41) is 11.3. The van der Waals surface area contributed by atoms with Crippen molar-refractivity contribution in [3.8, 4) is 0 Å². The normalized spacial score (nSPS) is 15.7. The van der Waals surface area contributed by atoms with Crippen molar-refractivity contribution in [2.45, 2.75) is 65.5 Å². The highest BCUT2D eigenvalue weighted by Crippen LogP contribution is 2.39. The Balaban J connectivity index is 1.67. The Kier molecular flexibility index (Phi) is 7.86. The minimum Gasteiger partial charge on any atom is -0.489 e. The summed E-state index contributed by atoms with van der Waals surface area (Å²) in [6.07, 6.45) is 13.9. The molecule has 0 bridgehead atoms. The molecule has 0 N–H and O–H groups in total. The molecule has 0 spiro atoms. The van der Waals surface area contributed by atoms with Crippen LogP contribution in [0.1, 0.15) is 57.1 Å². The molecule has 0 radical (unpaired) electrons. The van der Waals surface area contributed by atoms with Gasteiger partial charge in [-0.15, -0.1) is 0 Å². The highest BCUT2D eigenvalue weighted by molar-refractivity contribution is 5.65. The number of nitro benzene ring substituents is 1. The molecule has 2 aromatic rings. The zero-order chi connectivity index (χ0) is 24.8. The van der Waals surface area contributed by atoms with E-state index in [0.717, 1.165) is 41.8 Å². The molecule has 0 aliphatic heterocycles. The van der Waals surface area contributed by atoms with Gasteiger partial charge in [0.15, 0.2) is 0 Å². The summed E-state index contributed by atoms with van der Waals surface area (Å²) in [7, 11) is 0. The molecule has 5 heteroatoms. The minimum atomic E-state index is -0.321. The summed E-state index contributed by atoms with van der Waals surface area (Å²) >= 11 is 0. The van der Waals surface area contributed by atoms with E-state index in [1.165, 1.54) is 29.7 Å². The second-order valence-corrected chi connectivity index (χ2v) is 9.53. The van der Waals surface area contributed by atoms with Gasteiger partial charge in [-0.2, -0.15) is 0 Å². The van der Waals surface area contributed by atoms with E-state index in [9.17, 15) is 10.1 Å². The van der Waals surface area contributed by atoms with E-state index in [1.807, 2.05) is 37.3 Å². The lowest BCUT2D eigenvalue weighted by Crippen LogP contribution is -2.34. The van der Waals surface area contributed by atoms with Crippen LogP contribution < -0.4 is 4.90 Å². The molecule has 2 aliphatic rings. The quantitative estimate of drug-likeness (QED) is 0.290. The predicted octanol–water partition coefficient (Wildman–Crippen LogP) is 7.93. The molecule has 2 aliphatic carbocycles. The molecular formula is C30H34N2O3. The highest BCUT2D eigenvalue weighted by atomic mass is 16.6. The van der Waals surface area contributed by atoms with Gasteiger partial charge in [-0.3, -0.25) is 10.1 Å². The lowest BCUT2D eigenvalue weighted by atomic mass is 9.98. The Morgan fingerprint density at radius 2 is 1.83 bits per heavy atom. The fourth-order valence-electron chi connectivity index (χ4n) is 5.02. The molecule has 4 rings (SSSR count). The topological polar surface area (TPSA) is 55.6 Å². The van der Waals surface area contributed by atoms with Gasteiger partial charge in [-0.25, -0.2) is 0 Å². The molecule has 5 nitrogen and oxygen atoms in total. The number of hydrogen-bond acceptors (Lipinski definition) is 4. The zero-order valence-corrected chi connectivity index (χ0v) is 20.9. The Morgan fingerprint density at radius 3 is 2.49 bits per heavy atom. The van der Waals surface area contributed by atoms with Crippen LogP contribution in [0.2, 0.25) is 0 Å². The lowest BCUT2D eigenvalue weighted by Gasteiger charge is -2.36. The van der Waals surface area contributed by atoms with Crippen LogP contribution in [0.25, 0.3) is 0 Å². The first-order valence-electron chi connectivity index (χ1n) is 12.4. The van der Waals surface area contributed by atoms with Gasteiger partial charge in [-0.05, 0) is 75.0 Å². The van der Waals surface area contributed by atoms with Crippen molar-refractivity contribution < 1.29 is 9.66 Å².